The van der Waals surface area contributed by atoms with Crippen molar-refractivity contribution in [2.45, 2.75) is 50.3 Å². The summed E-state index contributed by atoms with van der Waals surface area (Å²) in [4.78, 5) is 27.9. The number of hydrogen-bond donors (Lipinski definition) is 1. The molecule has 0 unspecified atom stereocenters. The molecule has 0 bridgehead atoms. The fourth-order valence-electron chi connectivity index (χ4n) is 4.87. The first-order valence-electron chi connectivity index (χ1n) is 13.5. The smallest absolute Gasteiger partial charge is 0.416 e. The summed E-state index contributed by atoms with van der Waals surface area (Å²) in [6.07, 6.45) is -8.78. The van der Waals surface area contributed by atoms with Crippen molar-refractivity contribution in [3.05, 3.63) is 95.1 Å². The second-order valence-corrected chi connectivity index (χ2v) is 10.7. The summed E-state index contributed by atoms with van der Waals surface area (Å²) >= 11 is 0. The maximum atomic E-state index is 13.1. The molecule has 13 heteroatoms. The Hall–Kier alpha value is -4.42. The largest absolute Gasteiger partial charge is 0.494 e. The van der Waals surface area contributed by atoms with Crippen LogP contribution in [-0.2, 0) is 30.1 Å². The molecule has 7 nitrogen and oxygen atoms in total. The zero-order valence-corrected chi connectivity index (χ0v) is 23.8. The van der Waals surface area contributed by atoms with Gasteiger partial charge in [-0.05, 0) is 60.5 Å². The summed E-state index contributed by atoms with van der Waals surface area (Å²) < 4.78 is 89.2. The monoisotopic (exact) mass is 624 g/mol. The number of alkyl halides is 6. The van der Waals surface area contributed by atoms with E-state index in [4.69, 9.17) is 9.47 Å². The van der Waals surface area contributed by atoms with Gasteiger partial charge in [-0.25, -0.2) is 9.59 Å². The first-order valence-corrected chi connectivity index (χ1v) is 13.5. The average Bonchev–Trinajstić information content (AvgIpc) is 3.20. The molecule has 2 atom stereocenters. The van der Waals surface area contributed by atoms with Gasteiger partial charge in [0.05, 0.1) is 23.8 Å². The van der Waals surface area contributed by atoms with Gasteiger partial charge in [-0.2, -0.15) is 26.3 Å². The van der Waals surface area contributed by atoms with Gasteiger partial charge in [0, 0.05) is 33.0 Å². The molecule has 0 radical (unpaired) electrons. The second kappa shape index (κ2) is 12.7. The van der Waals surface area contributed by atoms with Gasteiger partial charge in [0.15, 0.2) is 0 Å². The molecule has 1 N–H and O–H groups in total. The van der Waals surface area contributed by atoms with Gasteiger partial charge < -0.3 is 24.4 Å². The van der Waals surface area contributed by atoms with Crippen molar-refractivity contribution in [3.63, 3.8) is 0 Å². The minimum absolute atomic E-state index is 0.158. The summed E-state index contributed by atoms with van der Waals surface area (Å²) in [6, 6.07) is 14.8. The number of urea groups is 1. The molecule has 236 valence electrons. The number of halogens is 6. The Balaban J connectivity index is 1.34. The number of rotatable bonds is 11. The number of hydrogen-bond acceptors (Lipinski definition) is 4. The highest BCUT2D eigenvalue weighted by Gasteiger charge is 2.38. The van der Waals surface area contributed by atoms with E-state index < -0.39 is 35.0 Å². The van der Waals surface area contributed by atoms with E-state index in [1.54, 1.807) is 41.1 Å². The number of carboxylic acids is 1. The van der Waals surface area contributed by atoms with Gasteiger partial charge in [0.1, 0.15) is 11.5 Å². The lowest BCUT2D eigenvalue weighted by molar-refractivity contribution is -0.153. The van der Waals surface area contributed by atoms with Crippen LogP contribution in [0.25, 0.3) is 0 Å². The topological polar surface area (TPSA) is 79.3 Å². The van der Waals surface area contributed by atoms with Crippen molar-refractivity contribution < 1.29 is 50.5 Å². The summed E-state index contributed by atoms with van der Waals surface area (Å²) in [5.41, 5.74) is -2.53. The van der Waals surface area contributed by atoms with Crippen molar-refractivity contribution in [2.75, 3.05) is 20.2 Å². The van der Waals surface area contributed by atoms with Gasteiger partial charge in [-0.3, -0.25) is 0 Å². The molecule has 1 heterocycles. The Morgan fingerprint density at radius 2 is 1.52 bits per heavy atom. The fourth-order valence-corrected chi connectivity index (χ4v) is 4.87. The molecular formula is C31H30F6N2O5. The minimum Gasteiger partial charge on any atom is -0.494 e. The van der Waals surface area contributed by atoms with Crippen LogP contribution >= 0.6 is 0 Å². The van der Waals surface area contributed by atoms with Crippen LogP contribution in [0.4, 0.5) is 31.1 Å². The molecule has 1 aliphatic heterocycles. The number of carbonyl (C=O) groups is 2. The number of likely N-dealkylation sites (N-methyl/N-ethyl adjacent to an activating group) is 1. The lowest BCUT2D eigenvalue weighted by Gasteiger charge is -2.27. The molecule has 44 heavy (non-hydrogen) atoms. The number of carboxylic acid groups (broad SMARTS) is 1. The van der Waals surface area contributed by atoms with Crippen LogP contribution in [-0.4, -0.2) is 58.7 Å². The van der Waals surface area contributed by atoms with E-state index >= 15 is 0 Å². The lowest BCUT2D eigenvalue weighted by atomic mass is 9.96. The highest BCUT2D eigenvalue weighted by molar-refractivity contribution is 5.78. The highest BCUT2D eigenvalue weighted by atomic mass is 19.4. The summed E-state index contributed by atoms with van der Waals surface area (Å²) in [7, 11) is 1.64. The molecule has 3 aromatic rings. The molecule has 1 fully saturated rings. The van der Waals surface area contributed by atoms with Crippen LogP contribution in [0.5, 0.6) is 11.5 Å². The maximum absolute atomic E-state index is 13.1. The standard InChI is InChI=1S/C31H30F6N2O5/c1-29(27(40)41,44-26-8-4-6-23(16-26)31(35,36)37)17-21-5-3-7-25(15-21)43-14-13-24-19-39(28(42)38(24)2)18-20-9-11-22(12-10-20)30(32,33)34/h3-12,15-16,24H,13-14,17-19H2,1-2H3,(H,40,41)/t24-,29-/m0/s1. The van der Waals surface area contributed by atoms with Crippen LogP contribution in [0, 0.1) is 0 Å². The van der Waals surface area contributed by atoms with Crippen molar-refractivity contribution in [1.29, 1.82) is 0 Å². The summed E-state index contributed by atoms with van der Waals surface area (Å²) in [6.45, 7) is 1.98. The van der Waals surface area contributed by atoms with Crippen LogP contribution in [0.3, 0.4) is 0 Å². The van der Waals surface area contributed by atoms with E-state index in [0.29, 0.717) is 29.8 Å². The van der Waals surface area contributed by atoms with Crippen LogP contribution in [0.15, 0.2) is 72.8 Å². The first kappa shape index (κ1) is 32.5. The number of aliphatic carboxylic acids is 1. The second-order valence-electron chi connectivity index (χ2n) is 10.7. The molecule has 3 aromatic carbocycles. The molecule has 4 rings (SSSR count). The molecule has 1 aliphatic rings. The number of carbonyl (C=O) groups excluding carboxylic acids is 1. The van der Waals surface area contributed by atoms with Crippen LogP contribution in [0.1, 0.15) is 35.6 Å². The zero-order valence-electron chi connectivity index (χ0n) is 23.8. The van der Waals surface area contributed by atoms with Crippen LogP contribution in [0.2, 0.25) is 0 Å². The normalized spacial score (nSPS) is 17.0. The third-order valence-electron chi connectivity index (χ3n) is 7.32. The number of amides is 2. The van der Waals surface area contributed by atoms with Crippen molar-refractivity contribution >= 4 is 12.0 Å². The number of nitrogens with zero attached hydrogens (tertiary/aromatic N) is 2. The summed E-state index contributed by atoms with van der Waals surface area (Å²) in [5, 5.41) is 9.86. The first-order chi connectivity index (χ1) is 20.5. The molecule has 0 aliphatic carbocycles. The van der Waals surface area contributed by atoms with E-state index in [-0.39, 0.29) is 37.4 Å². The average molecular weight is 625 g/mol. The lowest BCUT2D eigenvalue weighted by Crippen LogP contribution is -2.43. The Kier molecular flexibility index (Phi) is 9.36. The minimum atomic E-state index is -4.62. The van der Waals surface area contributed by atoms with Gasteiger partial charge >= 0.3 is 24.4 Å². The van der Waals surface area contributed by atoms with E-state index in [0.717, 1.165) is 30.3 Å². The molecule has 0 aromatic heterocycles. The summed E-state index contributed by atoms with van der Waals surface area (Å²) in [5.74, 6) is -1.18. The van der Waals surface area contributed by atoms with Crippen molar-refractivity contribution in [1.82, 2.24) is 9.80 Å². The van der Waals surface area contributed by atoms with Crippen molar-refractivity contribution in [3.8, 4) is 11.5 Å². The van der Waals surface area contributed by atoms with Gasteiger partial charge in [0.2, 0.25) is 5.60 Å². The third kappa shape index (κ3) is 7.94. The SMILES string of the molecule is CN1C(=O)N(Cc2ccc(C(F)(F)F)cc2)C[C@@H]1CCOc1cccc(C[C@](C)(Oc2cccc(C(F)(F)F)c2)C(=O)O)c1. The number of ether oxygens (including phenoxy) is 2. The molecule has 0 saturated carbocycles. The Labute approximate surface area is 249 Å². The van der Waals surface area contributed by atoms with Gasteiger partial charge in [-0.15, -0.1) is 0 Å². The molecule has 2 amide bonds. The predicted molar refractivity (Wildman–Crippen MR) is 147 cm³/mol. The molecule has 0 spiro atoms. The van der Waals surface area contributed by atoms with Crippen molar-refractivity contribution in [2.24, 2.45) is 0 Å². The van der Waals surface area contributed by atoms with Gasteiger partial charge in [0.25, 0.3) is 0 Å². The van der Waals surface area contributed by atoms with E-state index in [2.05, 4.69) is 0 Å². The quantitative estimate of drug-likeness (QED) is 0.235. The fraction of sp³-hybridized carbons (Fsp3) is 0.355. The maximum Gasteiger partial charge on any atom is 0.416 e. The Bertz CT molecular complexity index is 1480. The molecular weight excluding hydrogens is 594 g/mol. The van der Waals surface area contributed by atoms with E-state index in [1.165, 1.54) is 25.1 Å². The zero-order chi connectivity index (χ0) is 32.3. The van der Waals surface area contributed by atoms with E-state index in [1.807, 2.05) is 0 Å². The van der Waals surface area contributed by atoms with Gasteiger partial charge in [-0.1, -0.05) is 30.3 Å². The van der Waals surface area contributed by atoms with Crippen LogP contribution < -0.4 is 9.47 Å². The third-order valence-corrected chi connectivity index (χ3v) is 7.32. The van der Waals surface area contributed by atoms with E-state index in [9.17, 15) is 41.0 Å². The predicted octanol–water partition coefficient (Wildman–Crippen LogP) is 6.89. The molecule has 1 saturated heterocycles. The number of benzene rings is 3. The Morgan fingerprint density at radius 1 is 0.886 bits per heavy atom. The highest BCUT2D eigenvalue weighted by Crippen LogP contribution is 2.33. The Morgan fingerprint density at radius 3 is 2.16 bits per heavy atom.